The molecule has 0 saturated heterocycles. The molecule has 0 amide bonds. The SMILES string of the molecule is O=C(C=Cc1ccc(F)cc1)c1ccc(OCCCCCl)cc1. The summed E-state index contributed by atoms with van der Waals surface area (Å²) in [6, 6.07) is 13.0. The van der Waals surface area contributed by atoms with Crippen LogP contribution in [0.2, 0.25) is 0 Å². The number of hydrogen-bond donors (Lipinski definition) is 0. The number of halogens is 2. The molecule has 2 rings (SSSR count). The van der Waals surface area contributed by atoms with Crippen molar-refractivity contribution in [2.75, 3.05) is 12.5 Å². The molecule has 0 spiro atoms. The molecule has 4 heteroatoms. The van der Waals surface area contributed by atoms with Crippen LogP contribution in [0.4, 0.5) is 4.39 Å². The van der Waals surface area contributed by atoms with Crippen molar-refractivity contribution in [3.63, 3.8) is 0 Å². The van der Waals surface area contributed by atoms with Crippen molar-refractivity contribution in [2.24, 2.45) is 0 Å². The lowest BCUT2D eigenvalue weighted by Gasteiger charge is -2.05. The summed E-state index contributed by atoms with van der Waals surface area (Å²) in [7, 11) is 0. The van der Waals surface area contributed by atoms with Crippen LogP contribution in [0.3, 0.4) is 0 Å². The van der Waals surface area contributed by atoms with E-state index in [1.807, 2.05) is 0 Å². The third kappa shape index (κ3) is 5.87. The van der Waals surface area contributed by atoms with Crippen LogP contribution in [0.1, 0.15) is 28.8 Å². The van der Waals surface area contributed by atoms with Crippen LogP contribution >= 0.6 is 11.6 Å². The molecule has 120 valence electrons. The summed E-state index contributed by atoms with van der Waals surface area (Å²) >= 11 is 5.60. The molecule has 23 heavy (non-hydrogen) atoms. The highest BCUT2D eigenvalue weighted by Crippen LogP contribution is 2.14. The number of unbranched alkanes of at least 4 members (excludes halogenated alkanes) is 1. The molecular weight excluding hydrogens is 315 g/mol. The van der Waals surface area contributed by atoms with Gasteiger partial charge >= 0.3 is 0 Å². The zero-order valence-electron chi connectivity index (χ0n) is 12.7. The van der Waals surface area contributed by atoms with Crippen LogP contribution in [0, 0.1) is 5.82 Å². The predicted molar refractivity (Wildman–Crippen MR) is 91.7 cm³/mol. The average molecular weight is 333 g/mol. The summed E-state index contributed by atoms with van der Waals surface area (Å²) < 4.78 is 18.4. The van der Waals surface area contributed by atoms with E-state index in [-0.39, 0.29) is 11.6 Å². The van der Waals surface area contributed by atoms with E-state index in [4.69, 9.17) is 16.3 Å². The van der Waals surface area contributed by atoms with Gasteiger partial charge in [0.05, 0.1) is 6.61 Å². The topological polar surface area (TPSA) is 26.3 Å². The Morgan fingerprint density at radius 1 is 1.04 bits per heavy atom. The number of alkyl halides is 1. The van der Waals surface area contributed by atoms with Crippen LogP contribution in [0.15, 0.2) is 54.6 Å². The minimum Gasteiger partial charge on any atom is -0.494 e. The highest BCUT2D eigenvalue weighted by molar-refractivity contribution is 6.17. The van der Waals surface area contributed by atoms with Gasteiger partial charge in [-0.05, 0) is 60.9 Å². The number of allylic oxidation sites excluding steroid dienone is 1. The van der Waals surface area contributed by atoms with Crippen molar-refractivity contribution in [3.05, 3.63) is 71.6 Å². The maximum Gasteiger partial charge on any atom is 0.185 e. The number of carbonyl (C=O) groups is 1. The van der Waals surface area contributed by atoms with Crippen molar-refractivity contribution in [3.8, 4) is 5.75 Å². The zero-order chi connectivity index (χ0) is 16.5. The number of ketones is 1. The van der Waals surface area contributed by atoms with Gasteiger partial charge < -0.3 is 4.74 Å². The molecule has 0 atom stereocenters. The molecule has 2 aromatic rings. The van der Waals surface area contributed by atoms with Gasteiger partial charge in [-0.1, -0.05) is 18.2 Å². The van der Waals surface area contributed by atoms with E-state index in [1.165, 1.54) is 18.2 Å². The summed E-state index contributed by atoms with van der Waals surface area (Å²) in [5.41, 5.74) is 1.36. The van der Waals surface area contributed by atoms with Gasteiger partial charge in [-0.25, -0.2) is 4.39 Å². The molecule has 0 aromatic heterocycles. The molecule has 0 fully saturated rings. The Morgan fingerprint density at radius 3 is 2.39 bits per heavy atom. The molecule has 0 unspecified atom stereocenters. The quantitative estimate of drug-likeness (QED) is 0.290. The van der Waals surface area contributed by atoms with Gasteiger partial charge in [-0.15, -0.1) is 11.6 Å². The zero-order valence-corrected chi connectivity index (χ0v) is 13.4. The van der Waals surface area contributed by atoms with Crippen LogP contribution in [0.25, 0.3) is 6.08 Å². The molecular formula is C19H18ClFO2. The smallest absolute Gasteiger partial charge is 0.185 e. The monoisotopic (exact) mass is 332 g/mol. The fourth-order valence-electron chi connectivity index (χ4n) is 1.94. The Hall–Kier alpha value is -2.13. The Balaban J connectivity index is 1.90. The van der Waals surface area contributed by atoms with E-state index in [1.54, 1.807) is 42.5 Å². The van der Waals surface area contributed by atoms with Gasteiger partial charge in [0.25, 0.3) is 0 Å². The first-order chi connectivity index (χ1) is 11.2. The Labute approximate surface area is 140 Å². The maximum atomic E-state index is 12.8. The lowest BCUT2D eigenvalue weighted by Crippen LogP contribution is -1.99. The Morgan fingerprint density at radius 2 is 1.74 bits per heavy atom. The van der Waals surface area contributed by atoms with Gasteiger partial charge in [0, 0.05) is 11.4 Å². The second kappa shape index (κ2) is 9.11. The Kier molecular flexibility index (Phi) is 6.82. The fourth-order valence-corrected chi connectivity index (χ4v) is 2.13. The highest BCUT2D eigenvalue weighted by atomic mass is 35.5. The van der Waals surface area contributed by atoms with Gasteiger partial charge in [-0.2, -0.15) is 0 Å². The summed E-state index contributed by atoms with van der Waals surface area (Å²) in [6.45, 7) is 0.616. The first-order valence-corrected chi connectivity index (χ1v) is 7.99. The minimum absolute atomic E-state index is 0.108. The maximum absolute atomic E-state index is 12.8. The highest BCUT2D eigenvalue weighted by Gasteiger charge is 2.02. The third-order valence-corrected chi connectivity index (χ3v) is 3.50. The number of rotatable bonds is 8. The molecule has 0 N–H and O–H groups in total. The largest absolute Gasteiger partial charge is 0.494 e. The Bertz CT molecular complexity index is 648. The lowest BCUT2D eigenvalue weighted by atomic mass is 10.1. The van der Waals surface area contributed by atoms with Crippen molar-refractivity contribution in [1.29, 1.82) is 0 Å². The molecule has 0 aliphatic carbocycles. The van der Waals surface area contributed by atoms with Crippen molar-refractivity contribution in [1.82, 2.24) is 0 Å². The second-order valence-corrected chi connectivity index (χ2v) is 5.40. The lowest BCUT2D eigenvalue weighted by molar-refractivity contribution is 0.104. The molecule has 2 nitrogen and oxygen atoms in total. The predicted octanol–water partition coefficient (Wildman–Crippen LogP) is 5.12. The molecule has 0 aliphatic heterocycles. The number of ether oxygens (including phenoxy) is 1. The van der Waals surface area contributed by atoms with Gasteiger partial charge in [0.1, 0.15) is 11.6 Å². The summed E-state index contributed by atoms with van der Waals surface area (Å²) in [6.07, 6.45) is 4.97. The molecule has 0 radical (unpaired) electrons. The standard InChI is InChI=1S/C19H18ClFO2/c20-13-1-2-14-23-18-10-6-16(7-11-18)19(22)12-5-15-3-8-17(21)9-4-15/h3-12H,1-2,13-14H2. The normalized spacial score (nSPS) is 10.9. The minimum atomic E-state index is -0.296. The van der Waals surface area contributed by atoms with E-state index in [0.717, 1.165) is 24.2 Å². The molecule has 2 aromatic carbocycles. The van der Waals surface area contributed by atoms with Crippen LogP contribution in [0.5, 0.6) is 5.75 Å². The van der Waals surface area contributed by atoms with E-state index < -0.39 is 0 Å². The third-order valence-electron chi connectivity index (χ3n) is 3.23. The first kappa shape index (κ1) is 17.2. The van der Waals surface area contributed by atoms with Crippen molar-refractivity contribution >= 4 is 23.5 Å². The van der Waals surface area contributed by atoms with Crippen LogP contribution < -0.4 is 4.74 Å². The van der Waals surface area contributed by atoms with Gasteiger partial charge in [0.2, 0.25) is 0 Å². The number of carbonyl (C=O) groups excluding carboxylic acids is 1. The summed E-state index contributed by atoms with van der Waals surface area (Å²) in [5, 5.41) is 0. The van der Waals surface area contributed by atoms with Crippen molar-refractivity contribution < 1.29 is 13.9 Å². The van der Waals surface area contributed by atoms with Crippen molar-refractivity contribution in [2.45, 2.75) is 12.8 Å². The first-order valence-electron chi connectivity index (χ1n) is 7.46. The summed E-state index contributed by atoms with van der Waals surface area (Å²) in [4.78, 5) is 12.1. The van der Waals surface area contributed by atoms with E-state index in [0.29, 0.717) is 18.1 Å². The van der Waals surface area contributed by atoms with Gasteiger partial charge in [0.15, 0.2) is 5.78 Å². The average Bonchev–Trinajstić information content (AvgIpc) is 2.58. The van der Waals surface area contributed by atoms with Crippen LogP contribution in [-0.4, -0.2) is 18.3 Å². The van der Waals surface area contributed by atoms with Gasteiger partial charge in [-0.3, -0.25) is 4.79 Å². The molecule has 0 saturated carbocycles. The van der Waals surface area contributed by atoms with Crippen LogP contribution in [-0.2, 0) is 0 Å². The van der Waals surface area contributed by atoms with E-state index >= 15 is 0 Å². The molecule has 0 heterocycles. The summed E-state index contributed by atoms with van der Waals surface area (Å²) in [5.74, 6) is 0.966. The second-order valence-electron chi connectivity index (χ2n) is 5.02. The molecule has 0 bridgehead atoms. The molecule has 0 aliphatic rings. The number of benzene rings is 2. The fraction of sp³-hybridized carbons (Fsp3) is 0.211. The van der Waals surface area contributed by atoms with E-state index in [2.05, 4.69) is 0 Å². The number of hydrogen-bond acceptors (Lipinski definition) is 2. The van der Waals surface area contributed by atoms with E-state index in [9.17, 15) is 9.18 Å².